The normalized spacial score (nSPS) is 14.7. The van der Waals surface area contributed by atoms with Gasteiger partial charge in [0.15, 0.2) is 6.61 Å². The molecule has 1 aliphatic rings. The van der Waals surface area contributed by atoms with Gasteiger partial charge in [-0.15, -0.1) is 0 Å². The number of fused-ring (bicyclic) bond motifs is 2. The lowest BCUT2D eigenvalue weighted by Gasteiger charge is -2.26. The number of rotatable bonds is 7. The van der Waals surface area contributed by atoms with Crippen LogP contribution in [0.15, 0.2) is 84.0 Å². The lowest BCUT2D eigenvalue weighted by atomic mass is 9.88. The zero-order chi connectivity index (χ0) is 26.5. The Morgan fingerprint density at radius 3 is 2.66 bits per heavy atom. The molecule has 1 aliphatic carbocycles. The van der Waals surface area contributed by atoms with E-state index in [0.717, 1.165) is 35.6 Å². The molecule has 1 atom stereocenters. The SMILES string of the molecule is O=C(COc1ccc(/C=N/NC(=O)c2ccc(O)c(Cl)c2)c2ccccc12)NC1CCCc2ccccc21. The summed E-state index contributed by atoms with van der Waals surface area (Å²) >= 11 is 5.88. The molecule has 3 N–H and O–H groups in total. The first kappa shape index (κ1) is 25.3. The van der Waals surface area contributed by atoms with Crippen molar-refractivity contribution >= 4 is 40.4 Å². The minimum Gasteiger partial charge on any atom is -0.506 e. The second-order valence-corrected chi connectivity index (χ2v) is 9.47. The number of phenols is 1. The molecule has 0 saturated carbocycles. The van der Waals surface area contributed by atoms with Crippen LogP contribution in [0.1, 0.15) is 45.9 Å². The molecule has 1 unspecified atom stereocenters. The summed E-state index contributed by atoms with van der Waals surface area (Å²) in [5, 5.41) is 18.5. The third-order valence-electron chi connectivity index (χ3n) is 6.56. The number of carbonyl (C=O) groups is 2. The number of hydrogen-bond donors (Lipinski definition) is 3. The molecule has 8 heteroatoms. The molecule has 4 aromatic rings. The first-order chi connectivity index (χ1) is 18.5. The van der Waals surface area contributed by atoms with Gasteiger partial charge in [0.1, 0.15) is 11.5 Å². The molecule has 0 aromatic heterocycles. The van der Waals surface area contributed by atoms with E-state index >= 15 is 0 Å². The molecule has 4 aromatic carbocycles. The van der Waals surface area contributed by atoms with Crippen molar-refractivity contribution in [2.45, 2.75) is 25.3 Å². The molecule has 0 spiro atoms. The maximum Gasteiger partial charge on any atom is 0.271 e. The molecule has 0 aliphatic heterocycles. The van der Waals surface area contributed by atoms with Gasteiger partial charge in [-0.05, 0) is 66.1 Å². The number of benzene rings is 4. The van der Waals surface area contributed by atoms with Gasteiger partial charge in [-0.3, -0.25) is 9.59 Å². The zero-order valence-corrected chi connectivity index (χ0v) is 21.2. The average Bonchev–Trinajstić information content (AvgIpc) is 2.94. The smallest absolute Gasteiger partial charge is 0.271 e. The van der Waals surface area contributed by atoms with Crippen LogP contribution in [0.3, 0.4) is 0 Å². The summed E-state index contributed by atoms with van der Waals surface area (Å²) in [7, 11) is 0. The Labute approximate surface area is 225 Å². The Kier molecular flexibility index (Phi) is 7.56. The van der Waals surface area contributed by atoms with Gasteiger partial charge < -0.3 is 15.2 Å². The quantitative estimate of drug-likeness (QED) is 0.217. The van der Waals surface area contributed by atoms with Crippen molar-refractivity contribution in [1.29, 1.82) is 0 Å². The van der Waals surface area contributed by atoms with Crippen molar-refractivity contribution in [3.05, 3.63) is 106 Å². The third-order valence-corrected chi connectivity index (χ3v) is 6.86. The van der Waals surface area contributed by atoms with Crippen molar-refractivity contribution < 1.29 is 19.4 Å². The highest BCUT2D eigenvalue weighted by atomic mass is 35.5. The molecule has 0 radical (unpaired) electrons. The summed E-state index contributed by atoms with van der Waals surface area (Å²) in [6.07, 6.45) is 4.53. The Hall–Kier alpha value is -4.36. The first-order valence-corrected chi connectivity index (χ1v) is 12.7. The van der Waals surface area contributed by atoms with Crippen LogP contribution in [0.5, 0.6) is 11.5 Å². The topological polar surface area (TPSA) is 100 Å². The van der Waals surface area contributed by atoms with E-state index in [9.17, 15) is 14.7 Å². The number of aromatic hydroxyl groups is 1. The molecule has 0 heterocycles. The van der Waals surface area contributed by atoms with E-state index in [1.54, 1.807) is 12.3 Å². The van der Waals surface area contributed by atoms with Crippen LogP contribution < -0.4 is 15.5 Å². The summed E-state index contributed by atoms with van der Waals surface area (Å²) < 4.78 is 5.93. The zero-order valence-electron chi connectivity index (χ0n) is 20.5. The van der Waals surface area contributed by atoms with Crippen LogP contribution in [0.2, 0.25) is 5.02 Å². The van der Waals surface area contributed by atoms with Crippen LogP contribution in [0, 0.1) is 0 Å². The van der Waals surface area contributed by atoms with Gasteiger partial charge >= 0.3 is 0 Å². The standard InChI is InChI=1S/C30H26ClN3O4/c31-25-16-20(12-14-27(25)35)30(37)34-32-17-21-13-15-28(24-10-4-3-8-22(21)24)38-18-29(36)33-26-11-5-7-19-6-1-2-9-23(19)26/h1-4,6,8-10,12-17,26,35H,5,7,11,18H2,(H,33,36)(H,34,37)/b32-17+. The summed E-state index contributed by atoms with van der Waals surface area (Å²) in [5.74, 6) is -0.144. The maximum atomic E-state index is 12.7. The fourth-order valence-corrected chi connectivity index (χ4v) is 4.87. The van der Waals surface area contributed by atoms with Gasteiger partial charge in [0.05, 0.1) is 17.3 Å². The monoisotopic (exact) mass is 527 g/mol. The van der Waals surface area contributed by atoms with Crippen molar-refractivity contribution in [1.82, 2.24) is 10.7 Å². The predicted octanol–water partition coefficient (Wildman–Crippen LogP) is 5.54. The predicted molar refractivity (Wildman–Crippen MR) is 148 cm³/mol. The highest BCUT2D eigenvalue weighted by molar-refractivity contribution is 6.32. The number of ether oxygens (including phenoxy) is 1. The van der Waals surface area contributed by atoms with Crippen LogP contribution in [0.4, 0.5) is 0 Å². The van der Waals surface area contributed by atoms with E-state index in [1.807, 2.05) is 42.5 Å². The first-order valence-electron chi connectivity index (χ1n) is 12.3. The average molecular weight is 528 g/mol. The maximum absolute atomic E-state index is 12.7. The van der Waals surface area contributed by atoms with Crippen molar-refractivity contribution in [2.75, 3.05) is 6.61 Å². The lowest BCUT2D eigenvalue weighted by molar-refractivity contribution is -0.123. The summed E-state index contributed by atoms with van der Waals surface area (Å²) in [4.78, 5) is 25.1. The molecule has 38 heavy (non-hydrogen) atoms. The van der Waals surface area contributed by atoms with Gasteiger partial charge in [-0.25, -0.2) is 5.43 Å². The third kappa shape index (κ3) is 5.63. The highest BCUT2D eigenvalue weighted by Crippen LogP contribution is 2.30. The summed E-state index contributed by atoms with van der Waals surface area (Å²) in [6, 6.07) is 23.6. The lowest BCUT2D eigenvalue weighted by Crippen LogP contribution is -2.34. The number of aryl methyl sites for hydroxylation is 1. The molecular formula is C30H26ClN3O4. The van der Waals surface area contributed by atoms with Gasteiger partial charge in [0, 0.05) is 16.5 Å². The number of hydrazone groups is 1. The molecule has 0 saturated heterocycles. The van der Waals surface area contributed by atoms with Gasteiger partial charge in [0.25, 0.3) is 11.8 Å². The van der Waals surface area contributed by atoms with Crippen molar-refractivity contribution in [3.8, 4) is 11.5 Å². The number of halogens is 1. The Balaban J connectivity index is 1.25. The van der Waals surface area contributed by atoms with Crippen LogP contribution >= 0.6 is 11.6 Å². The van der Waals surface area contributed by atoms with E-state index in [4.69, 9.17) is 16.3 Å². The highest BCUT2D eigenvalue weighted by Gasteiger charge is 2.21. The fourth-order valence-electron chi connectivity index (χ4n) is 4.69. The van der Waals surface area contributed by atoms with E-state index in [2.05, 4.69) is 28.0 Å². The van der Waals surface area contributed by atoms with E-state index in [0.29, 0.717) is 5.75 Å². The van der Waals surface area contributed by atoms with Crippen LogP contribution in [-0.2, 0) is 11.2 Å². The Morgan fingerprint density at radius 2 is 1.82 bits per heavy atom. The minimum atomic E-state index is -0.459. The molecule has 2 amide bonds. The number of nitrogens with zero attached hydrogens (tertiary/aromatic N) is 1. The summed E-state index contributed by atoms with van der Waals surface area (Å²) in [6.45, 7) is -0.0959. The van der Waals surface area contributed by atoms with Crippen molar-refractivity contribution in [2.24, 2.45) is 5.10 Å². The number of phenolic OH excluding ortho intramolecular Hbond substituents is 1. The Bertz CT molecular complexity index is 1540. The second-order valence-electron chi connectivity index (χ2n) is 9.06. The van der Waals surface area contributed by atoms with E-state index < -0.39 is 5.91 Å². The Morgan fingerprint density at radius 1 is 1.03 bits per heavy atom. The van der Waals surface area contributed by atoms with E-state index in [-0.39, 0.29) is 34.9 Å². The van der Waals surface area contributed by atoms with Gasteiger partial charge in [-0.2, -0.15) is 5.10 Å². The minimum absolute atomic E-state index is 0.000746. The van der Waals surface area contributed by atoms with Crippen LogP contribution in [-0.4, -0.2) is 29.7 Å². The molecule has 5 rings (SSSR count). The van der Waals surface area contributed by atoms with Crippen LogP contribution in [0.25, 0.3) is 10.8 Å². The molecule has 0 bridgehead atoms. The number of hydrogen-bond acceptors (Lipinski definition) is 5. The van der Waals surface area contributed by atoms with Gasteiger partial charge in [0.2, 0.25) is 0 Å². The molecule has 7 nitrogen and oxygen atoms in total. The van der Waals surface area contributed by atoms with Gasteiger partial charge in [-0.1, -0.05) is 60.1 Å². The largest absolute Gasteiger partial charge is 0.506 e. The number of carbonyl (C=O) groups excluding carboxylic acids is 2. The summed E-state index contributed by atoms with van der Waals surface area (Å²) in [5.41, 5.74) is 5.97. The number of nitrogens with one attached hydrogen (secondary N) is 2. The molecule has 0 fully saturated rings. The molecular weight excluding hydrogens is 502 g/mol. The van der Waals surface area contributed by atoms with Crippen molar-refractivity contribution in [3.63, 3.8) is 0 Å². The fraction of sp³-hybridized carbons (Fsp3) is 0.167. The van der Waals surface area contributed by atoms with E-state index in [1.165, 1.54) is 29.3 Å². The second kappa shape index (κ2) is 11.4. The number of amides is 2. The molecule has 192 valence electrons.